The summed E-state index contributed by atoms with van der Waals surface area (Å²) in [7, 11) is 0. The second-order valence-electron chi connectivity index (χ2n) is 6.18. The van der Waals surface area contributed by atoms with E-state index in [0.29, 0.717) is 11.6 Å². The lowest BCUT2D eigenvalue weighted by Gasteiger charge is -2.24. The quantitative estimate of drug-likeness (QED) is 0.749. The highest BCUT2D eigenvalue weighted by atomic mass is 16.2. The summed E-state index contributed by atoms with van der Waals surface area (Å²) in [6.45, 7) is 0. The van der Waals surface area contributed by atoms with E-state index in [0.717, 1.165) is 12.0 Å². The largest absolute Gasteiger partial charge is 0.369 e. The fraction of sp³-hybridized carbons (Fsp3) is 0.529. The molecule has 0 aromatic heterocycles. The van der Waals surface area contributed by atoms with Crippen molar-refractivity contribution in [3.63, 3.8) is 0 Å². The SMILES string of the molecule is NC(=O)Cc1ccc(NC(=O)C(N)CC2CCCCC2)cc1. The monoisotopic (exact) mass is 303 g/mol. The number of anilines is 1. The molecule has 1 unspecified atom stereocenters. The van der Waals surface area contributed by atoms with Crippen molar-refractivity contribution in [2.45, 2.75) is 51.0 Å². The highest BCUT2D eigenvalue weighted by Crippen LogP contribution is 2.27. The van der Waals surface area contributed by atoms with Crippen LogP contribution in [-0.4, -0.2) is 17.9 Å². The minimum Gasteiger partial charge on any atom is -0.369 e. The van der Waals surface area contributed by atoms with Crippen molar-refractivity contribution in [2.75, 3.05) is 5.32 Å². The molecule has 1 aliphatic rings. The maximum Gasteiger partial charge on any atom is 0.241 e. The summed E-state index contributed by atoms with van der Waals surface area (Å²) >= 11 is 0. The van der Waals surface area contributed by atoms with Crippen LogP contribution in [0, 0.1) is 5.92 Å². The minimum atomic E-state index is -0.464. The smallest absolute Gasteiger partial charge is 0.241 e. The maximum absolute atomic E-state index is 12.1. The first-order valence-corrected chi connectivity index (χ1v) is 7.98. The lowest BCUT2D eigenvalue weighted by atomic mass is 9.85. The third-order valence-electron chi connectivity index (χ3n) is 4.25. The molecular weight excluding hydrogens is 278 g/mol. The molecule has 5 heteroatoms. The topological polar surface area (TPSA) is 98.2 Å². The summed E-state index contributed by atoms with van der Waals surface area (Å²) < 4.78 is 0. The zero-order valence-corrected chi connectivity index (χ0v) is 12.9. The predicted octanol–water partition coefficient (Wildman–Crippen LogP) is 1.95. The van der Waals surface area contributed by atoms with Gasteiger partial charge in [-0.25, -0.2) is 0 Å². The van der Waals surface area contributed by atoms with Gasteiger partial charge in [-0.3, -0.25) is 9.59 Å². The van der Waals surface area contributed by atoms with Crippen LogP contribution in [0.2, 0.25) is 0 Å². The Labute approximate surface area is 131 Å². The van der Waals surface area contributed by atoms with Crippen LogP contribution >= 0.6 is 0 Å². The van der Waals surface area contributed by atoms with E-state index < -0.39 is 6.04 Å². The van der Waals surface area contributed by atoms with Gasteiger partial charge in [0, 0.05) is 5.69 Å². The first kappa shape index (κ1) is 16.5. The highest BCUT2D eigenvalue weighted by Gasteiger charge is 2.21. The molecule has 1 aliphatic carbocycles. The molecular formula is C17H25N3O2. The third-order valence-corrected chi connectivity index (χ3v) is 4.25. The molecule has 120 valence electrons. The molecule has 0 heterocycles. The van der Waals surface area contributed by atoms with E-state index in [1.807, 2.05) is 0 Å². The summed E-state index contributed by atoms with van der Waals surface area (Å²) in [4.78, 5) is 23.0. The van der Waals surface area contributed by atoms with Crippen LogP contribution in [0.4, 0.5) is 5.69 Å². The fourth-order valence-electron chi connectivity index (χ4n) is 3.03. The van der Waals surface area contributed by atoms with Gasteiger partial charge in [0.1, 0.15) is 0 Å². The molecule has 0 spiro atoms. The van der Waals surface area contributed by atoms with Crippen molar-refractivity contribution in [2.24, 2.45) is 17.4 Å². The number of amides is 2. The minimum absolute atomic E-state index is 0.145. The molecule has 5 N–H and O–H groups in total. The first-order chi connectivity index (χ1) is 10.5. The van der Waals surface area contributed by atoms with Crippen molar-refractivity contribution < 1.29 is 9.59 Å². The molecule has 1 aromatic carbocycles. The fourth-order valence-corrected chi connectivity index (χ4v) is 3.03. The number of hydrogen-bond acceptors (Lipinski definition) is 3. The summed E-state index contributed by atoms with van der Waals surface area (Å²) in [5.41, 5.74) is 12.7. The van der Waals surface area contributed by atoms with Crippen LogP contribution in [-0.2, 0) is 16.0 Å². The summed E-state index contributed by atoms with van der Waals surface area (Å²) in [6, 6.07) is 6.64. The van der Waals surface area contributed by atoms with Gasteiger partial charge in [0.2, 0.25) is 11.8 Å². The van der Waals surface area contributed by atoms with Crippen molar-refractivity contribution in [1.82, 2.24) is 0 Å². The van der Waals surface area contributed by atoms with Gasteiger partial charge >= 0.3 is 0 Å². The Morgan fingerprint density at radius 2 is 1.77 bits per heavy atom. The van der Waals surface area contributed by atoms with E-state index in [2.05, 4.69) is 5.32 Å². The number of carbonyl (C=O) groups is 2. The molecule has 0 radical (unpaired) electrons. The Kier molecular flexibility index (Phi) is 5.95. The molecule has 1 fully saturated rings. The van der Waals surface area contributed by atoms with E-state index in [1.54, 1.807) is 24.3 Å². The van der Waals surface area contributed by atoms with Crippen molar-refractivity contribution in [3.05, 3.63) is 29.8 Å². The average molecular weight is 303 g/mol. The van der Waals surface area contributed by atoms with Gasteiger partial charge in [0.15, 0.2) is 0 Å². The van der Waals surface area contributed by atoms with Crippen LogP contribution in [0.25, 0.3) is 0 Å². The Morgan fingerprint density at radius 1 is 1.14 bits per heavy atom. The zero-order valence-electron chi connectivity index (χ0n) is 12.9. The van der Waals surface area contributed by atoms with Gasteiger partial charge in [-0.15, -0.1) is 0 Å². The maximum atomic E-state index is 12.1. The van der Waals surface area contributed by atoms with Crippen LogP contribution in [0.3, 0.4) is 0 Å². The average Bonchev–Trinajstić information content (AvgIpc) is 2.49. The second-order valence-corrected chi connectivity index (χ2v) is 6.18. The lowest BCUT2D eigenvalue weighted by Crippen LogP contribution is -2.37. The van der Waals surface area contributed by atoms with Gasteiger partial charge in [-0.05, 0) is 30.0 Å². The van der Waals surface area contributed by atoms with Gasteiger partial charge < -0.3 is 16.8 Å². The predicted molar refractivity (Wildman–Crippen MR) is 87.1 cm³/mol. The zero-order chi connectivity index (χ0) is 15.9. The van der Waals surface area contributed by atoms with Gasteiger partial charge in [0.25, 0.3) is 0 Å². The Morgan fingerprint density at radius 3 is 2.36 bits per heavy atom. The van der Waals surface area contributed by atoms with Crippen molar-refractivity contribution in [1.29, 1.82) is 0 Å². The van der Waals surface area contributed by atoms with E-state index in [4.69, 9.17) is 11.5 Å². The standard InChI is InChI=1S/C17H25N3O2/c18-15(10-12-4-2-1-3-5-12)17(22)20-14-8-6-13(7-9-14)11-16(19)21/h6-9,12,15H,1-5,10-11,18H2,(H2,19,21)(H,20,22). The van der Waals surface area contributed by atoms with Crippen molar-refractivity contribution >= 4 is 17.5 Å². The van der Waals surface area contributed by atoms with E-state index in [1.165, 1.54) is 32.1 Å². The highest BCUT2D eigenvalue weighted by molar-refractivity contribution is 5.94. The van der Waals surface area contributed by atoms with E-state index in [-0.39, 0.29) is 18.2 Å². The Balaban J connectivity index is 1.83. The molecule has 1 aromatic rings. The normalized spacial score (nSPS) is 17.0. The molecule has 1 atom stereocenters. The molecule has 22 heavy (non-hydrogen) atoms. The van der Waals surface area contributed by atoms with Gasteiger partial charge in [0.05, 0.1) is 12.5 Å². The van der Waals surface area contributed by atoms with Crippen LogP contribution in [0.1, 0.15) is 44.1 Å². The number of nitrogens with one attached hydrogen (secondary N) is 1. The Hall–Kier alpha value is -1.88. The number of carbonyl (C=O) groups excluding carboxylic acids is 2. The van der Waals surface area contributed by atoms with Crippen LogP contribution in [0.5, 0.6) is 0 Å². The molecule has 5 nitrogen and oxygen atoms in total. The van der Waals surface area contributed by atoms with Crippen molar-refractivity contribution in [3.8, 4) is 0 Å². The van der Waals surface area contributed by atoms with Crippen LogP contribution < -0.4 is 16.8 Å². The summed E-state index contributed by atoms with van der Waals surface area (Å²) in [5.74, 6) is 0.0620. The Bertz CT molecular complexity index is 507. The lowest BCUT2D eigenvalue weighted by molar-refractivity contribution is -0.118. The summed E-state index contributed by atoms with van der Waals surface area (Å²) in [5, 5.41) is 2.83. The van der Waals surface area contributed by atoms with Gasteiger partial charge in [-0.2, -0.15) is 0 Å². The van der Waals surface area contributed by atoms with E-state index in [9.17, 15) is 9.59 Å². The molecule has 0 bridgehead atoms. The third kappa shape index (κ3) is 5.15. The summed E-state index contributed by atoms with van der Waals surface area (Å²) in [6.07, 6.45) is 7.13. The number of rotatable bonds is 6. The number of hydrogen-bond donors (Lipinski definition) is 3. The molecule has 2 amide bonds. The molecule has 2 rings (SSSR count). The number of benzene rings is 1. The number of primary amides is 1. The first-order valence-electron chi connectivity index (χ1n) is 7.98. The second kappa shape index (κ2) is 7.94. The van der Waals surface area contributed by atoms with Gasteiger partial charge in [-0.1, -0.05) is 44.2 Å². The van der Waals surface area contributed by atoms with Crippen LogP contribution in [0.15, 0.2) is 24.3 Å². The molecule has 1 saturated carbocycles. The molecule has 0 saturated heterocycles. The van der Waals surface area contributed by atoms with E-state index >= 15 is 0 Å². The molecule has 0 aliphatic heterocycles. The number of nitrogens with two attached hydrogens (primary N) is 2.